The fourth-order valence-corrected chi connectivity index (χ4v) is 3.19. The first kappa shape index (κ1) is 13.2. The van der Waals surface area contributed by atoms with Gasteiger partial charge in [0.05, 0.1) is 0 Å². The molecule has 0 bridgehead atoms. The Morgan fingerprint density at radius 3 is 2.00 bits per heavy atom. The van der Waals surface area contributed by atoms with E-state index in [0.717, 1.165) is 12.8 Å². The summed E-state index contributed by atoms with van der Waals surface area (Å²) in [6.07, 6.45) is 9.28. The summed E-state index contributed by atoms with van der Waals surface area (Å²) >= 11 is 0. The third-order valence-electron chi connectivity index (χ3n) is 4.39. The maximum absolute atomic E-state index is 3.89. The lowest BCUT2D eigenvalue weighted by Crippen LogP contribution is -2.04. The maximum atomic E-state index is 3.89. The largest absolute Gasteiger partial charge is 0.0985 e. The second-order valence-corrected chi connectivity index (χ2v) is 5.71. The van der Waals surface area contributed by atoms with Crippen LogP contribution < -0.4 is 0 Å². The Bertz CT molecular complexity index is 607. The number of benzene rings is 2. The van der Waals surface area contributed by atoms with E-state index >= 15 is 0 Å². The lowest BCUT2D eigenvalue weighted by Gasteiger charge is -2.15. The molecule has 0 saturated heterocycles. The van der Waals surface area contributed by atoms with E-state index in [1.807, 2.05) is 6.08 Å². The summed E-state index contributed by atoms with van der Waals surface area (Å²) in [5.41, 5.74) is 7.38. The van der Waals surface area contributed by atoms with Gasteiger partial charge in [-0.25, -0.2) is 0 Å². The van der Waals surface area contributed by atoms with Gasteiger partial charge in [-0.1, -0.05) is 55.1 Å². The van der Waals surface area contributed by atoms with Crippen LogP contribution in [0.3, 0.4) is 0 Å². The van der Waals surface area contributed by atoms with Crippen molar-refractivity contribution in [2.45, 2.75) is 38.5 Å². The van der Waals surface area contributed by atoms with Crippen molar-refractivity contribution < 1.29 is 0 Å². The first-order chi connectivity index (χ1) is 9.86. The predicted molar refractivity (Wildman–Crippen MR) is 87.0 cm³/mol. The Hall–Kier alpha value is -1.82. The zero-order chi connectivity index (χ0) is 13.8. The molecule has 1 aliphatic carbocycles. The minimum Gasteiger partial charge on any atom is -0.0985 e. The van der Waals surface area contributed by atoms with Crippen molar-refractivity contribution in [3.63, 3.8) is 0 Å². The molecule has 0 amide bonds. The van der Waals surface area contributed by atoms with Gasteiger partial charge in [0, 0.05) is 0 Å². The number of rotatable bonds is 1. The van der Waals surface area contributed by atoms with Crippen LogP contribution in [-0.2, 0) is 25.7 Å². The van der Waals surface area contributed by atoms with Crippen LogP contribution in [0.25, 0.3) is 6.08 Å². The zero-order valence-electron chi connectivity index (χ0n) is 12.1. The first-order valence-electron chi connectivity index (χ1n) is 7.68. The molecule has 0 heteroatoms. The van der Waals surface area contributed by atoms with E-state index in [1.165, 1.54) is 47.9 Å². The summed E-state index contributed by atoms with van der Waals surface area (Å²) in [7, 11) is 0. The van der Waals surface area contributed by atoms with Crippen LogP contribution in [0.1, 0.15) is 40.7 Å². The Morgan fingerprint density at radius 2 is 1.30 bits per heavy atom. The zero-order valence-corrected chi connectivity index (χ0v) is 12.1. The highest BCUT2D eigenvalue weighted by Gasteiger charge is 2.09. The minimum atomic E-state index is 1.15. The fourth-order valence-electron chi connectivity index (χ4n) is 3.19. The molecule has 1 aliphatic rings. The number of hydrogen-bond donors (Lipinski definition) is 0. The molecule has 0 N–H and O–H groups in total. The molecule has 0 nitrogen and oxygen atoms in total. The van der Waals surface area contributed by atoms with E-state index in [4.69, 9.17) is 0 Å². The van der Waals surface area contributed by atoms with Gasteiger partial charge in [0.2, 0.25) is 0 Å². The van der Waals surface area contributed by atoms with Crippen LogP contribution in [0, 0.1) is 0 Å². The normalized spacial score (nSPS) is 15.0. The molecule has 0 heterocycles. The highest BCUT2D eigenvalue weighted by atomic mass is 14.1. The van der Waals surface area contributed by atoms with E-state index in [1.54, 1.807) is 5.56 Å². The SMILES string of the molecule is C=Cc1ccc2c(c1)CCc1ccccc1CCCC2. The van der Waals surface area contributed by atoms with Crippen molar-refractivity contribution >= 4 is 6.08 Å². The molecule has 0 spiro atoms. The molecule has 3 rings (SSSR count). The van der Waals surface area contributed by atoms with Gasteiger partial charge in [-0.15, -0.1) is 0 Å². The van der Waals surface area contributed by atoms with Crippen molar-refractivity contribution in [2.24, 2.45) is 0 Å². The minimum absolute atomic E-state index is 1.15. The van der Waals surface area contributed by atoms with Gasteiger partial charge in [0.1, 0.15) is 0 Å². The number of fused-ring (bicyclic) bond motifs is 2. The third-order valence-corrected chi connectivity index (χ3v) is 4.39. The van der Waals surface area contributed by atoms with E-state index in [9.17, 15) is 0 Å². The van der Waals surface area contributed by atoms with Gasteiger partial charge in [-0.2, -0.15) is 0 Å². The van der Waals surface area contributed by atoms with Crippen molar-refractivity contribution in [3.05, 3.63) is 76.9 Å². The summed E-state index contributed by atoms with van der Waals surface area (Å²) in [4.78, 5) is 0. The van der Waals surface area contributed by atoms with Crippen LogP contribution in [0.2, 0.25) is 0 Å². The predicted octanol–water partition coefficient (Wildman–Crippen LogP) is 4.99. The molecule has 102 valence electrons. The van der Waals surface area contributed by atoms with Crippen molar-refractivity contribution in [2.75, 3.05) is 0 Å². The van der Waals surface area contributed by atoms with Gasteiger partial charge in [0.25, 0.3) is 0 Å². The standard InChI is InChI=1S/C20H22/c1-2-16-11-12-19-10-6-4-8-17-7-3-5-9-18(17)13-14-20(19)15-16/h2-3,5,7,9,11-12,15H,1,4,6,8,10,13-14H2. The van der Waals surface area contributed by atoms with Crippen molar-refractivity contribution in [1.82, 2.24) is 0 Å². The average molecular weight is 262 g/mol. The summed E-state index contributed by atoms with van der Waals surface area (Å²) in [6, 6.07) is 15.8. The summed E-state index contributed by atoms with van der Waals surface area (Å²) in [6.45, 7) is 3.89. The fraction of sp³-hybridized carbons (Fsp3) is 0.300. The van der Waals surface area contributed by atoms with Crippen molar-refractivity contribution in [3.8, 4) is 0 Å². The Labute approximate surface area is 122 Å². The molecule has 0 unspecified atom stereocenters. The molecule has 2 aromatic rings. The second kappa shape index (κ2) is 6.09. The van der Waals surface area contributed by atoms with Gasteiger partial charge < -0.3 is 0 Å². The Morgan fingerprint density at radius 1 is 0.700 bits per heavy atom. The summed E-state index contributed by atoms with van der Waals surface area (Å²) in [5.74, 6) is 0. The number of hydrogen-bond acceptors (Lipinski definition) is 0. The lowest BCUT2D eigenvalue weighted by atomic mass is 9.90. The molecule has 2 aromatic carbocycles. The van der Waals surface area contributed by atoms with E-state index in [0.29, 0.717) is 0 Å². The smallest absolute Gasteiger partial charge is 0.0235 e. The topological polar surface area (TPSA) is 0 Å². The lowest BCUT2D eigenvalue weighted by molar-refractivity contribution is 0.713. The summed E-state index contributed by atoms with van der Waals surface area (Å²) < 4.78 is 0. The van der Waals surface area contributed by atoms with Gasteiger partial charge in [-0.05, 0) is 66.3 Å². The van der Waals surface area contributed by atoms with E-state index < -0.39 is 0 Å². The van der Waals surface area contributed by atoms with Gasteiger partial charge >= 0.3 is 0 Å². The molecule has 0 aromatic heterocycles. The Balaban J connectivity index is 1.93. The molecular weight excluding hydrogens is 240 g/mol. The molecule has 0 saturated carbocycles. The first-order valence-corrected chi connectivity index (χ1v) is 7.68. The molecular formula is C20H22. The monoisotopic (exact) mass is 262 g/mol. The van der Waals surface area contributed by atoms with Crippen LogP contribution in [0.4, 0.5) is 0 Å². The van der Waals surface area contributed by atoms with Crippen LogP contribution >= 0.6 is 0 Å². The molecule has 0 aliphatic heterocycles. The molecule has 0 radical (unpaired) electrons. The van der Waals surface area contributed by atoms with Crippen LogP contribution in [0.5, 0.6) is 0 Å². The van der Waals surface area contributed by atoms with Crippen LogP contribution in [-0.4, -0.2) is 0 Å². The van der Waals surface area contributed by atoms with E-state index in [2.05, 4.69) is 49.0 Å². The van der Waals surface area contributed by atoms with E-state index in [-0.39, 0.29) is 0 Å². The quantitative estimate of drug-likeness (QED) is 0.679. The molecule has 0 fully saturated rings. The maximum Gasteiger partial charge on any atom is -0.0235 e. The van der Waals surface area contributed by atoms with Crippen LogP contribution in [0.15, 0.2) is 49.0 Å². The van der Waals surface area contributed by atoms with Gasteiger partial charge in [-0.3, -0.25) is 0 Å². The molecule has 0 atom stereocenters. The van der Waals surface area contributed by atoms with Gasteiger partial charge in [0.15, 0.2) is 0 Å². The van der Waals surface area contributed by atoms with Crippen molar-refractivity contribution in [1.29, 1.82) is 0 Å². The Kier molecular flexibility index (Phi) is 4.01. The number of aryl methyl sites for hydroxylation is 4. The third kappa shape index (κ3) is 2.85. The average Bonchev–Trinajstić information content (AvgIpc) is 2.51. The second-order valence-electron chi connectivity index (χ2n) is 5.71. The summed E-state index contributed by atoms with van der Waals surface area (Å²) in [5, 5.41) is 0. The highest BCUT2D eigenvalue weighted by molar-refractivity contribution is 5.50. The highest BCUT2D eigenvalue weighted by Crippen LogP contribution is 2.22. The molecule has 20 heavy (non-hydrogen) atoms.